The van der Waals surface area contributed by atoms with Crippen molar-refractivity contribution in [3.8, 4) is 0 Å². The van der Waals surface area contributed by atoms with Crippen LogP contribution in [0.15, 0.2) is 18.3 Å². The molecule has 0 aliphatic heterocycles. The number of halogens is 4. The molecule has 7 heteroatoms. The first-order chi connectivity index (χ1) is 7.90. The van der Waals surface area contributed by atoms with Crippen molar-refractivity contribution in [2.24, 2.45) is 0 Å². The monoisotopic (exact) mass is 268 g/mol. The van der Waals surface area contributed by atoms with E-state index < -0.39 is 12.7 Å². The number of hydrogen-bond donors (Lipinski definition) is 1. The molecule has 0 spiro atoms. The van der Waals surface area contributed by atoms with Gasteiger partial charge in [0, 0.05) is 19.3 Å². The van der Waals surface area contributed by atoms with Gasteiger partial charge in [-0.25, -0.2) is 4.98 Å². The Bertz CT molecular complexity index is 360. The average Bonchev–Trinajstić information content (AvgIpc) is 2.15. The largest absolute Gasteiger partial charge is 0.401 e. The summed E-state index contributed by atoms with van der Waals surface area (Å²) in [4.78, 5) is 4.85. The summed E-state index contributed by atoms with van der Waals surface area (Å²) in [6.45, 7) is -1.36. The third-order valence-electron chi connectivity index (χ3n) is 2.02. The third kappa shape index (κ3) is 5.86. The number of aliphatic hydroxyl groups is 1. The van der Waals surface area contributed by atoms with E-state index in [0.29, 0.717) is 5.56 Å². The molecule has 0 saturated heterocycles. The first-order valence-electron chi connectivity index (χ1n) is 4.91. The summed E-state index contributed by atoms with van der Waals surface area (Å²) in [6.07, 6.45) is -2.85. The molecular weight excluding hydrogens is 257 g/mol. The Labute approximate surface area is 102 Å². The third-order valence-corrected chi connectivity index (χ3v) is 2.22. The van der Waals surface area contributed by atoms with Crippen molar-refractivity contribution in [2.75, 3.05) is 19.7 Å². The van der Waals surface area contributed by atoms with Crippen molar-refractivity contribution in [1.29, 1.82) is 0 Å². The van der Waals surface area contributed by atoms with Crippen molar-refractivity contribution in [1.82, 2.24) is 9.88 Å². The van der Waals surface area contributed by atoms with Gasteiger partial charge >= 0.3 is 6.18 Å². The van der Waals surface area contributed by atoms with Crippen molar-refractivity contribution in [3.05, 3.63) is 29.0 Å². The first kappa shape index (κ1) is 14.2. The molecule has 0 unspecified atom stereocenters. The van der Waals surface area contributed by atoms with E-state index >= 15 is 0 Å². The minimum Gasteiger partial charge on any atom is -0.395 e. The highest BCUT2D eigenvalue weighted by Crippen LogP contribution is 2.18. The van der Waals surface area contributed by atoms with Crippen LogP contribution in [0.1, 0.15) is 5.56 Å². The molecule has 96 valence electrons. The van der Waals surface area contributed by atoms with E-state index in [0.717, 1.165) is 4.90 Å². The normalized spacial score (nSPS) is 12.1. The molecule has 0 aromatic carbocycles. The maximum absolute atomic E-state index is 12.2. The Morgan fingerprint density at radius 1 is 1.41 bits per heavy atom. The van der Waals surface area contributed by atoms with Crippen LogP contribution in [0.25, 0.3) is 0 Å². The van der Waals surface area contributed by atoms with Crippen LogP contribution < -0.4 is 0 Å². The predicted molar refractivity (Wildman–Crippen MR) is 57.7 cm³/mol. The number of nitrogens with zero attached hydrogens (tertiary/aromatic N) is 2. The zero-order chi connectivity index (χ0) is 12.9. The zero-order valence-corrected chi connectivity index (χ0v) is 9.67. The van der Waals surface area contributed by atoms with Crippen LogP contribution in [0, 0.1) is 0 Å². The van der Waals surface area contributed by atoms with Crippen LogP contribution in [0.2, 0.25) is 5.15 Å². The molecule has 0 aliphatic rings. The summed E-state index contributed by atoms with van der Waals surface area (Å²) in [7, 11) is 0. The van der Waals surface area contributed by atoms with Crippen molar-refractivity contribution >= 4 is 11.6 Å². The smallest absolute Gasteiger partial charge is 0.395 e. The van der Waals surface area contributed by atoms with Crippen molar-refractivity contribution in [2.45, 2.75) is 12.7 Å². The molecule has 1 aromatic heterocycles. The molecule has 0 aliphatic carbocycles. The topological polar surface area (TPSA) is 36.4 Å². The summed E-state index contributed by atoms with van der Waals surface area (Å²) in [6, 6.07) is 3.09. The lowest BCUT2D eigenvalue weighted by molar-refractivity contribution is -0.147. The lowest BCUT2D eigenvalue weighted by Gasteiger charge is -2.22. The maximum Gasteiger partial charge on any atom is 0.401 e. The highest BCUT2D eigenvalue weighted by atomic mass is 35.5. The molecule has 0 bridgehead atoms. The van der Waals surface area contributed by atoms with Gasteiger partial charge in [0.1, 0.15) is 5.15 Å². The lowest BCUT2D eigenvalue weighted by Crippen LogP contribution is -2.35. The van der Waals surface area contributed by atoms with Crippen molar-refractivity contribution in [3.63, 3.8) is 0 Å². The molecule has 1 rings (SSSR count). The molecule has 0 fully saturated rings. The van der Waals surface area contributed by atoms with Gasteiger partial charge in [0.2, 0.25) is 0 Å². The molecule has 0 atom stereocenters. The highest BCUT2D eigenvalue weighted by molar-refractivity contribution is 6.29. The molecule has 17 heavy (non-hydrogen) atoms. The molecule has 0 saturated carbocycles. The SMILES string of the molecule is OCCN(Cc1ccnc(Cl)c1)CC(F)(F)F. The van der Waals surface area contributed by atoms with Gasteiger partial charge in [-0.05, 0) is 17.7 Å². The predicted octanol–water partition coefficient (Wildman–Crippen LogP) is 2.09. The molecule has 3 nitrogen and oxygen atoms in total. The average molecular weight is 269 g/mol. The second-order valence-electron chi connectivity index (χ2n) is 3.54. The Balaban J connectivity index is 2.66. The van der Waals surface area contributed by atoms with E-state index in [1.54, 1.807) is 6.07 Å². The van der Waals surface area contributed by atoms with Gasteiger partial charge in [-0.2, -0.15) is 13.2 Å². The van der Waals surface area contributed by atoms with Gasteiger partial charge in [0.25, 0.3) is 0 Å². The molecular formula is C10H12ClF3N2O. The maximum atomic E-state index is 12.2. The summed E-state index contributed by atoms with van der Waals surface area (Å²) in [5.41, 5.74) is 0.628. The van der Waals surface area contributed by atoms with E-state index in [9.17, 15) is 13.2 Å². The van der Waals surface area contributed by atoms with Gasteiger partial charge in [0.05, 0.1) is 13.2 Å². The van der Waals surface area contributed by atoms with Gasteiger partial charge < -0.3 is 5.11 Å². The van der Waals surface area contributed by atoms with Crippen LogP contribution in [-0.2, 0) is 6.54 Å². The molecule has 0 amide bonds. The van der Waals surface area contributed by atoms with E-state index in [-0.39, 0.29) is 24.8 Å². The zero-order valence-electron chi connectivity index (χ0n) is 8.91. The Morgan fingerprint density at radius 2 is 2.12 bits per heavy atom. The number of rotatable bonds is 5. The summed E-state index contributed by atoms with van der Waals surface area (Å²) >= 11 is 5.64. The standard InChI is InChI=1S/C10H12ClF3N2O/c11-9-5-8(1-2-15-9)6-16(3-4-17)7-10(12,13)14/h1-2,5,17H,3-4,6-7H2. The minimum absolute atomic E-state index is 0.0422. The van der Waals surface area contributed by atoms with E-state index in [1.807, 2.05) is 0 Å². The molecule has 0 radical (unpaired) electrons. The number of pyridine rings is 1. The molecule has 1 aromatic rings. The lowest BCUT2D eigenvalue weighted by atomic mass is 10.2. The van der Waals surface area contributed by atoms with Crippen LogP contribution in [0.4, 0.5) is 13.2 Å². The first-order valence-corrected chi connectivity index (χ1v) is 5.29. The van der Waals surface area contributed by atoms with Crippen molar-refractivity contribution < 1.29 is 18.3 Å². The van der Waals surface area contributed by atoms with Crippen LogP contribution in [0.5, 0.6) is 0 Å². The van der Waals surface area contributed by atoms with Gasteiger partial charge in [-0.3, -0.25) is 4.90 Å². The Kier molecular flexibility index (Phi) is 5.17. The second kappa shape index (κ2) is 6.18. The fourth-order valence-electron chi connectivity index (χ4n) is 1.41. The number of aromatic nitrogens is 1. The summed E-state index contributed by atoms with van der Waals surface area (Å²) < 4.78 is 36.7. The fourth-order valence-corrected chi connectivity index (χ4v) is 1.60. The number of alkyl halides is 3. The van der Waals surface area contributed by atoms with Crippen LogP contribution in [-0.4, -0.2) is 40.9 Å². The van der Waals surface area contributed by atoms with Gasteiger partial charge in [-0.15, -0.1) is 0 Å². The van der Waals surface area contributed by atoms with E-state index in [2.05, 4.69) is 4.98 Å². The van der Waals surface area contributed by atoms with E-state index in [4.69, 9.17) is 16.7 Å². The summed E-state index contributed by atoms with van der Waals surface area (Å²) in [5.74, 6) is 0. The number of aliphatic hydroxyl groups excluding tert-OH is 1. The Morgan fingerprint density at radius 3 is 2.65 bits per heavy atom. The molecule has 1 N–H and O–H groups in total. The fraction of sp³-hybridized carbons (Fsp3) is 0.500. The number of hydrogen-bond acceptors (Lipinski definition) is 3. The second-order valence-corrected chi connectivity index (χ2v) is 3.92. The van der Waals surface area contributed by atoms with Gasteiger partial charge in [-0.1, -0.05) is 11.6 Å². The Hall–Kier alpha value is -0.850. The quantitative estimate of drug-likeness (QED) is 0.831. The molecule has 1 heterocycles. The minimum atomic E-state index is -4.29. The highest BCUT2D eigenvalue weighted by Gasteiger charge is 2.30. The van der Waals surface area contributed by atoms with Gasteiger partial charge in [0.15, 0.2) is 0 Å². The van der Waals surface area contributed by atoms with E-state index in [1.165, 1.54) is 12.3 Å². The summed E-state index contributed by atoms with van der Waals surface area (Å²) in [5, 5.41) is 8.95. The van der Waals surface area contributed by atoms with Crippen LogP contribution in [0.3, 0.4) is 0 Å². The van der Waals surface area contributed by atoms with Crippen LogP contribution >= 0.6 is 11.6 Å².